The number of likely N-dealkylation sites (tertiary alicyclic amines) is 3. The molecule has 1 spiro atoms. The van der Waals surface area contributed by atoms with Crippen LogP contribution in [0.25, 0.3) is 22.3 Å². The maximum Gasteiger partial charge on any atom is 0.410 e. The third-order valence-corrected chi connectivity index (χ3v) is 14.5. The Labute approximate surface area is 336 Å². The van der Waals surface area contributed by atoms with Crippen LogP contribution in [-0.2, 0) is 19.7 Å². The van der Waals surface area contributed by atoms with E-state index in [-0.39, 0.29) is 47.7 Å². The lowest BCUT2D eigenvalue weighted by Crippen LogP contribution is -2.62. The van der Waals surface area contributed by atoms with Crippen LogP contribution in [0, 0.1) is 17.8 Å². The van der Waals surface area contributed by atoms with Gasteiger partial charge in [0, 0.05) is 67.5 Å². The zero-order chi connectivity index (χ0) is 39.4. The van der Waals surface area contributed by atoms with Gasteiger partial charge in [0.15, 0.2) is 5.82 Å². The number of benzene rings is 1. The molecule has 0 radical (unpaired) electrons. The minimum atomic E-state index is -0.643. The van der Waals surface area contributed by atoms with Crippen LogP contribution in [0.5, 0.6) is 0 Å². The highest BCUT2D eigenvalue weighted by molar-refractivity contribution is 6.09. The maximum absolute atomic E-state index is 15.1. The number of aromatic nitrogens is 3. The SMILES string of the molecule is CC(C)n1cnc2cc(-c3ccc4c(c3)N(C3CC(N5CCCCC5)C3)C(=O)C43CCN(C(=O)C4[C@@H]5C[C@H]4CN(C(=O)OC(C)(C)C)C5)CC3)nc(NC3CC3)c21. The standard InChI is InChI=1S/C45H60N8O4/c1-27(2)52-26-46-36-23-35(48-40(39(36)52)47-31-10-11-31)28-9-12-34-37(20-28)53(33-21-32(22-33)49-15-7-6-8-16-49)42(55)45(34)13-17-50(18-14-45)41(54)38-29-19-30(38)25-51(24-29)43(56)57-44(3,4)5/h9,12,20,23,26-27,29-33,38H,6-8,10-11,13-19,21-22,24-25H2,1-5H3,(H,47,48)/t29-,30+,32?,33?,38?. The van der Waals surface area contributed by atoms with E-state index < -0.39 is 11.0 Å². The van der Waals surface area contributed by atoms with Crippen molar-refractivity contribution in [3.8, 4) is 11.3 Å². The van der Waals surface area contributed by atoms with E-state index in [2.05, 4.69) is 57.8 Å². The number of carbonyl (C=O) groups is 3. The van der Waals surface area contributed by atoms with Gasteiger partial charge in [0.05, 0.1) is 23.0 Å². The van der Waals surface area contributed by atoms with Crippen molar-refractivity contribution >= 4 is 40.4 Å². The summed E-state index contributed by atoms with van der Waals surface area (Å²) in [7, 11) is 0. The van der Waals surface area contributed by atoms with Crippen LogP contribution in [0.2, 0.25) is 0 Å². The van der Waals surface area contributed by atoms with Gasteiger partial charge in [-0.05, 0) is 135 Å². The molecule has 3 amide bonds. The number of anilines is 2. The summed E-state index contributed by atoms with van der Waals surface area (Å²) in [5.41, 5.74) is 4.79. The fourth-order valence-corrected chi connectivity index (χ4v) is 11.2. The Morgan fingerprint density at radius 1 is 0.912 bits per heavy atom. The number of ether oxygens (including phenoxy) is 1. The van der Waals surface area contributed by atoms with Crippen LogP contribution in [0.3, 0.4) is 0 Å². The average Bonchev–Trinajstić information content (AvgIpc) is 3.83. The number of fused-ring (bicyclic) bond motifs is 5. The van der Waals surface area contributed by atoms with E-state index in [1.165, 1.54) is 32.4 Å². The molecule has 2 aromatic heterocycles. The molecule has 3 aromatic rings. The molecule has 304 valence electrons. The number of hydrogen-bond acceptors (Lipinski definition) is 8. The lowest BCUT2D eigenvalue weighted by molar-refractivity contribution is -0.154. The fraction of sp³-hybridized carbons (Fsp3) is 0.667. The first-order valence-corrected chi connectivity index (χ1v) is 22.0. The molecule has 7 aliphatic rings. The summed E-state index contributed by atoms with van der Waals surface area (Å²) in [5, 5.41) is 3.70. The minimum Gasteiger partial charge on any atom is -0.444 e. The monoisotopic (exact) mass is 776 g/mol. The Bertz CT molecular complexity index is 2070. The number of hydrogen-bond donors (Lipinski definition) is 1. The van der Waals surface area contributed by atoms with Gasteiger partial charge < -0.3 is 34.2 Å². The van der Waals surface area contributed by atoms with Crippen molar-refractivity contribution in [1.29, 1.82) is 0 Å². The van der Waals surface area contributed by atoms with E-state index in [9.17, 15) is 9.59 Å². The number of carbonyl (C=O) groups excluding carboxylic acids is 3. The lowest BCUT2D eigenvalue weighted by Gasteiger charge is -2.54. The Morgan fingerprint density at radius 3 is 2.30 bits per heavy atom. The van der Waals surface area contributed by atoms with E-state index >= 15 is 4.79 Å². The van der Waals surface area contributed by atoms with E-state index in [1.54, 1.807) is 4.90 Å². The molecule has 3 aliphatic carbocycles. The summed E-state index contributed by atoms with van der Waals surface area (Å²) < 4.78 is 7.85. The predicted octanol–water partition coefficient (Wildman–Crippen LogP) is 6.98. The molecule has 2 bridgehead atoms. The average molecular weight is 777 g/mol. The highest BCUT2D eigenvalue weighted by atomic mass is 16.6. The Morgan fingerprint density at radius 2 is 1.63 bits per heavy atom. The van der Waals surface area contributed by atoms with Crippen LogP contribution in [-0.4, -0.2) is 110 Å². The third-order valence-electron chi connectivity index (χ3n) is 14.5. The van der Waals surface area contributed by atoms with Gasteiger partial charge in [-0.1, -0.05) is 18.6 Å². The van der Waals surface area contributed by atoms with Crippen molar-refractivity contribution in [2.75, 3.05) is 49.5 Å². The lowest BCUT2D eigenvalue weighted by atomic mass is 9.61. The summed E-state index contributed by atoms with van der Waals surface area (Å²) in [5.74, 6) is 1.58. The topological polar surface area (TPSA) is 116 Å². The summed E-state index contributed by atoms with van der Waals surface area (Å²) in [6, 6.07) is 10.1. The molecule has 10 rings (SSSR count). The molecule has 1 aromatic carbocycles. The molecule has 6 heterocycles. The van der Waals surface area contributed by atoms with Crippen molar-refractivity contribution in [1.82, 2.24) is 29.2 Å². The first kappa shape index (κ1) is 37.1. The van der Waals surface area contributed by atoms with Crippen LogP contribution in [0.1, 0.15) is 110 Å². The van der Waals surface area contributed by atoms with Gasteiger partial charge in [-0.15, -0.1) is 0 Å². The number of nitrogens with one attached hydrogen (secondary N) is 1. The van der Waals surface area contributed by atoms with Crippen LogP contribution in [0.4, 0.5) is 16.3 Å². The van der Waals surface area contributed by atoms with Gasteiger partial charge in [-0.2, -0.15) is 0 Å². The summed E-state index contributed by atoms with van der Waals surface area (Å²) in [6.45, 7) is 14.6. The normalized spacial score (nSPS) is 28.4. The smallest absolute Gasteiger partial charge is 0.410 e. The molecular weight excluding hydrogens is 717 g/mol. The van der Waals surface area contributed by atoms with E-state index in [0.717, 1.165) is 71.5 Å². The number of amides is 3. The quantitative estimate of drug-likeness (QED) is 0.274. The molecular formula is C45H60N8O4. The van der Waals surface area contributed by atoms with Gasteiger partial charge >= 0.3 is 6.09 Å². The number of rotatable bonds is 7. The highest BCUT2D eigenvalue weighted by Gasteiger charge is 2.58. The van der Waals surface area contributed by atoms with E-state index in [1.807, 2.05) is 32.0 Å². The molecule has 1 N–H and O–H groups in total. The van der Waals surface area contributed by atoms with Gasteiger partial charge in [0.1, 0.15) is 11.1 Å². The second kappa shape index (κ2) is 13.7. The van der Waals surface area contributed by atoms with Gasteiger partial charge in [-0.3, -0.25) is 9.59 Å². The van der Waals surface area contributed by atoms with E-state index in [4.69, 9.17) is 14.7 Å². The third kappa shape index (κ3) is 6.39. The number of piperidine rings is 4. The molecule has 4 aliphatic heterocycles. The second-order valence-electron chi connectivity index (χ2n) is 19.7. The first-order valence-electron chi connectivity index (χ1n) is 22.0. The van der Waals surface area contributed by atoms with Gasteiger partial charge in [0.2, 0.25) is 11.8 Å². The zero-order valence-corrected chi connectivity index (χ0v) is 34.5. The molecule has 6 fully saturated rings. The second-order valence-corrected chi connectivity index (χ2v) is 19.7. The summed E-state index contributed by atoms with van der Waals surface area (Å²) in [6.07, 6.45) is 12.0. The van der Waals surface area contributed by atoms with Crippen molar-refractivity contribution in [3.63, 3.8) is 0 Å². The molecule has 1 unspecified atom stereocenters. The first-order chi connectivity index (χ1) is 27.4. The van der Waals surface area contributed by atoms with Crippen molar-refractivity contribution in [2.24, 2.45) is 17.8 Å². The van der Waals surface area contributed by atoms with Crippen molar-refractivity contribution in [2.45, 2.75) is 134 Å². The number of pyridine rings is 1. The summed E-state index contributed by atoms with van der Waals surface area (Å²) in [4.78, 5) is 60.8. The fourth-order valence-electron chi connectivity index (χ4n) is 11.2. The minimum absolute atomic E-state index is 0.0545. The van der Waals surface area contributed by atoms with Crippen molar-refractivity contribution < 1.29 is 19.1 Å². The Balaban J connectivity index is 0.916. The largest absolute Gasteiger partial charge is 0.444 e. The molecule has 3 atom stereocenters. The van der Waals surface area contributed by atoms with Crippen LogP contribution >= 0.6 is 0 Å². The van der Waals surface area contributed by atoms with E-state index in [0.29, 0.717) is 51.1 Å². The molecule has 57 heavy (non-hydrogen) atoms. The number of nitrogens with zero attached hydrogens (tertiary/aromatic N) is 7. The maximum atomic E-state index is 15.1. The van der Waals surface area contributed by atoms with Crippen LogP contribution in [0.15, 0.2) is 30.6 Å². The molecule has 12 nitrogen and oxygen atoms in total. The Kier molecular flexibility index (Phi) is 8.92. The van der Waals surface area contributed by atoms with Gasteiger partial charge in [0.25, 0.3) is 0 Å². The predicted molar refractivity (Wildman–Crippen MR) is 220 cm³/mol. The molecule has 12 heteroatoms. The highest BCUT2D eigenvalue weighted by Crippen LogP contribution is 2.53. The van der Waals surface area contributed by atoms with Crippen molar-refractivity contribution in [3.05, 3.63) is 36.2 Å². The van der Waals surface area contributed by atoms with Crippen LogP contribution < -0.4 is 10.2 Å². The molecule has 3 saturated carbocycles. The number of imidazole rings is 1. The van der Waals surface area contributed by atoms with Gasteiger partial charge in [-0.25, -0.2) is 14.8 Å². The zero-order valence-electron chi connectivity index (χ0n) is 34.5. The summed E-state index contributed by atoms with van der Waals surface area (Å²) >= 11 is 0. The molecule has 3 saturated heterocycles. The Hall–Kier alpha value is -4.19.